The Morgan fingerprint density at radius 3 is 2.22 bits per heavy atom. The third-order valence-electron chi connectivity index (χ3n) is 4.54. The molecule has 2 aromatic rings. The van der Waals surface area contributed by atoms with Crippen molar-refractivity contribution in [1.82, 2.24) is 10.0 Å². The van der Waals surface area contributed by atoms with Gasteiger partial charge in [0.05, 0.1) is 10.9 Å². The minimum Gasteiger partial charge on any atom is -0.345 e. The zero-order valence-electron chi connectivity index (χ0n) is 15.7. The van der Waals surface area contributed by atoms with Crippen LogP contribution in [0.4, 0.5) is 0 Å². The van der Waals surface area contributed by atoms with E-state index in [1.54, 1.807) is 12.1 Å². The summed E-state index contributed by atoms with van der Waals surface area (Å²) in [7, 11) is -3.50. The van der Waals surface area contributed by atoms with Crippen LogP contribution in [-0.4, -0.2) is 20.4 Å². The number of rotatable bonds is 8. The topological polar surface area (TPSA) is 75.3 Å². The zero-order valence-corrected chi connectivity index (χ0v) is 16.5. The van der Waals surface area contributed by atoms with Crippen molar-refractivity contribution in [3.63, 3.8) is 0 Å². The van der Waals surface area contributed by atoms with Gasteiger partial charge in [-0.15, -0.1) is 0 Å². The lowest BCUT2D eigenvalue weighted by molar-refractivity contribution is 0.0932. The molecule has 6 heteroatoms. The van der Waals surface area contributed by atoms with Gasteiger partial charge in [-0.25, -0.2) is 13.1 Å². The van der Waals surface area contributed by atoms with Crippen LogP contribution in [0.2, 0.25) is 0 Å². The summed E-state index contributed by atoms with van der Waals surface area (Å²) in [4.78, 5) is 12.9. The zero-order chi connectivity index (χ0) is 19.4. The first-order chi connectivity index (χ1) is 12.8. The minimum atomic E-state index is -3.50. The number of hydrogen-bond acceptors (Lipinski definition) is 3. The standard InChI is InChI=1S/C21H26N2O3S/c1-15(2)14-20(16-6-4-3-5-7-16)22-21(24)17-8-12-19(13-9-17)27(25,26)23-18-10-11-18/h3-9,12-13,15,18,20,23H,10-11,14H2,1-2H3,(H,22,24)/t20-/m1/s1. The lowest BCUT2D eigenvalue weighted by Crippen LogP contribution is -2.29. The van der Waals surface area contributed by atoms with Crippen molar-refractivity contribution in [2.45, 2.75) is 50.1 Å². The molecule has 0 aromatic heterocycles. The molecule has 0 radical (unpaired) electrons. The second-order valence-corrected chi connectivity index (χ2v) is 9.20. The average molecular weight is 387 g/mol. The number of hydrogen-bond donors (Lipinski definition) is 2. The van der Waals surface area contributed by atoms with Gasteiger partial charge in [0.15, 0.2) is 0 Å². The third-order valence-corrected chi connectivity index (χ3v) is 6.08. The predicted octanol–water partition coefficient (Wildman–Crippen LogP) is 3.64. The number of carbonyl (C=O) groups is 1. The molecule has 2 N–H and O–H groups in total. The Morgan fingerprint density at radius 1 is 1.04 bits per heavy atom. The van der Waals surface area contributed by atoms with Crippen LogP contribution in [0, 0.1) is 5.92 Å². The maximum atomic E-state index is 12.7. The molecule has 0 unspecified atom stereocenters. The highest BCUT2D eigenvalue weighted by Gasteiger charge is 2.28. The van der Waals surface area contributed by atoms with Crippen LogP contribution >= 0.6 is 0 Å². The van der Waals surface area contributed by atoms with E-state index < -0.39 is 10.0 Å². The van der Waals surface area contributed by atoms with Crippen molar-refractivity contribution in [3.05, 3.63) is 65.7 Å². The summed E-state index contributed by atoms with van der Waals surface area (Å²) >= 11 is 0. The molecule has 1 fully saturated rings. The van der Waals surface area contributed by atoms with E-state index in [0.29, 0.717) is 11.5 Å². The van der Waals surface area contributed by atoms with Crippen molar-refractivity contribution < 1.29 is 13.2 Å². The monoisotopic (exact) mass is 386 g/mol. The SMILES string of the molecule is CC(C)C[C@@H](NC(=O)c1ccc(S(=O)(=O)NC2CC2)cc1)c1ccccc1. The minimum absolute atomic E-state index is 0.0561. The normalized spacial score (nSPS) is 15.5. The molecule has 1 aliphatic carbocycles. The Kier molecular flexibility index (Phi) is 5.97. The van der Waals surface area contributed by atoms with Gasteiger partial charge in [-0.3, -0.25) is 4.79 Å². The second kappa shape index (κ2) is 8.23. The number of benzene rings is 2. The van der Waals surface area contributed by atoms with Gasteiger partial charge in [-0.1, -0.05) is 44.2 Å². The summed E-state index contributed by atoms with van der Waals surface area (Å²) < 4.78 is 27.1. The van der Waals surface area contributed by atoms with Gasteiger partial charge in [0.2, 0.25) is 10.0 Å². The van der Waals surface area contributed by atoms with Crippen LogP contribution in [0.25, 0.3) is 0 Å². The maximum absolute atomic E-state index is 12.7. The largest absolute Gasteiger partial charge is 0.345 e. The molecule has 3 rings (SSSR count). The van der Waals surface area contributed by atoms with E-state index >= 15 is 0 Å². The lowest BCUT2D eigenvalue weighted by Gasteiger charge is -2.21. The Bertz CT molecular complexity index is 873. The van der Waals surface area contributed by atoms with Crippen LogP contribution in [0.5, 0.6) is 0 Å². The van der Waals surface area contributed by atoms with Gasteiger partial charge < -0.3 is 5.32 Å². The predicted molar refractivity (Wildman–Crippen MR) is 106 cm³/mol. The third kappa shape index (κ3) is 5.40. The highest BCUT2D eigenvalue weighted by molar-refractivity contribution is 7.89. The summed E-state index contributed by atoms with van der Waals surface area (Å²) in [5, 5.41) is 3.08. The Morgan fingerprint density at radius 2 is 1.67 bits per heavy atom. The number of amides is 1. The van der Waals surface area contributed by atoms with Crippen molar-refractivity contribution in [2.24, 2.45) is 5.92 Å². The first-order valence-corrected chi connectivity index (χ1v) is 10.8. The van der Waals surface area contributed by atoms with E-state index in [0.717, 1.165) is 24.8 Å². The molecule has 0 heterocycles. The molecule has 1 atom stereocenters. The Balaban J connectivity index is 1.72. The van der Waals surface area contributed by atoms with Crippen LogP contribution < -0.4 is 10.0 Å². The number of carbonyl (C=O) groups excluding carboxylic acids is 1. The van der Waals surface area contributed by atoms with E-state index in [4.69, 9.17) is 0 Å². The van der Waals surface area contributed by atoms with E-state index in [9.17, 15) is 13.2 Å². The number of sulfonamides is 1. The highest BCUT2D eigenvalue weighted by Crippen LogP contribution is 2.23. The average Bonchev–Trinajstić information content (AvgIpc) is 3.45. The van der Waals surface area contributed by atoms with E-state index in [1.165, 1.54) is 12.1 Å². The van der Waals surface area contributed by atoms with Gasteiger partial charge in [0.25, 0.3) is 5.91 Å². The molecule has 0 spiro atoms. The molecule has 0 bridgehead atoms. The Labute approximate surface area is 161 Å². The highest BCUT2D eigenvalue weighted by atomic mass is 32.2. The van der Waals surface area contributed by atoms with Crippen LogP contribution in [0.3, 0.4) is 0 Å². The fourth-order valence-electron chi connectivity index (χ4n) is 2.95. The van der Waals surface area contributed by atoms with Gasteiger partial charge in [0.1, 0.15) is 0 Å². The lowest BCUT2D eigenvalue weighted by atomic mass is 9.96. The van der Waals surface area contributed by atoms with Crippen molar-refractivity contribution >= 4 is 15.9 Å². The summed E-state index contributed by atoms with van der Waals surface area (Å²) in [6, 6.07) is 16.0. The van der Waals surface area contributed by atoms with Crippen LogP contribution in [0.1, 0.15) is 55.1 Å². The van der Waals surface area contributed by atoms with E-state index in [2.05, 4.69) is 23.9 Å². The van der Waals surface area contributed by atoms with Crippen LogP contribution in [-0.2, 0) is 10.0 Å². The summed E-state index contributed by atoms with van der Waals surface area (Å²) in [6.45, 7) is 4.24. The van der Waals surface area contributed by atoms with Gasteiger partial charge in [-0.2, -0.15) is 0 Å². The number of nitrogens with one attached hydrogen (secondary N) is 2. The van der Waals surface area contributed by atoms with Crippen LogP contribution in [0.15, 0.2) is 59.5 Å². The fraction of sp³-hybridized carbons (Fsp3) is 0.381. The Hall–Kier alpha value is -2.18. The molecule has 0 aliphatic heterocycles. The maximum Gasteiger partial charge on any atom is 0.251 e. The molecule has 1 saturated carbocycles. The quantitative estimate of drug-likeness (QED) is 0.727. The fourth-order valence-corrected chi connectivity index (χ4v) is 4.26. The molecule has 5 nitrogen and oxygen atoms in total. The first-order valence-electron chi connectivity index (χ1n) is 9.33. The van der Waals surface area contributed by atoms with Gasteiger partial charge in [0, 0.05) is 11.6 Å². The molecule has 27 heavy (non-hydrogen) atoms. The molecular formula is C21H26N2O3S. The molecule has 2 aromatic carbocycles. The summed E-state index contributed by atoms with van der Waals surface area (Å²) in [6.07, 6.45) is 2.60. The van der Waals surface area contributed by atoms with E-state index in [1.807, 2.05) is 30.3 Å². The van der Waals surface area contributed by atoms with Crippen molar-refractivity contribution in [1.29, 1.82) is 0 Å². The van der Waals surface area contributed by atoms with E-state index in [-0.39, 0.29) is 22.9 Å². The molecular weight excluding hydrogens is 360 g/mol. The molecule has 1 amide bonds. The molecule has 144 valence electrons. The second-order valence-electron chi connectivity index (χ2n) is 7.49. The smallest absolute Gasteiger partial charge is 0.251 e. The van der Waals surface area contributed by atoms with Gasteiger partial charge in [-0.05, 0) is 55.0 Å². The molecule has 0 saturated heterocycles. The van der Waals surface area contributed by atoms with Gasteiger partial charge >= 0.3 is 0 Å². The molecule has 1 aliphatic rings. The van der Waals surface area contributed by atoms with Crippen molar-refractivity contribution in [2.75, 3.05) is 0 Å². The first kappa shape index (κ1) is 19.6. The summed E-state index contributed by atoms with van der Waals surface area (Å²) in [5.74, 6) is 0.222. The summed E-state index contributed by atoms with van der Waals surface area (Å²) in [5.41, 5.74) is 1.51. The van der Waals surface area contributed by atoms with Crippen molar-refractivity contribution in [3.8, 4) is 0 Å².